The molecule has 17 nitrogen and oxygen atoms in total. The highest BCUT2D eigenvalue weighted by molar-refractivity contribution is 5.69. The molecule has 0 saturated carbocycles. The molecule has 0 aliphatic carbocycles. The van der Waals surface area contributed by atoms with Crippen LogP contribution in [-0.4, -0.2) is 156 Å². The van der Waals surface area contributed by atoms with Crippen molar-refractivity contribution < 1.29 is 83.9 Å². The molecule has 17 heteroatoms. The number of methoxy groups -OCH3 is 4. The molecule has 284 valence electrons. The molecule has 2 aliphatic rings. The normalized spacial score (nSPS) is 29.7. The van der Waals surface area contributed by atoms with Gasteiger partial charge in [-0.15, -0.1) is 0 Å². The van der Waals surface area contributed by atoms with Crippen LogP contribution in [0.3, 0.4) is 0 Å². The lowest BCUT2D eigenvalue weighted by Gasteiger charge is -2.39. The minimum absolute atomic E-state index is 0.00749. The largest absolute Gasteiger partial charge is 0.493 e. The maximum absolute atomic E-state index is 10.6. The predicted octanol–water partition coefficient (Wildman–Crippen LogP) is -1.66. The van der Waals surface area contributed by atoms with Crippen LogP contribution in [0.2, 0.25) is 0 Å². The van der Waals surface area contributed by atoms with Crippen molar-refractivity contribution in [1.29, 1.82) is 0 Å². The van der Waals surface area contributed by atoms with Gasteiger partial charge in [0.2, 0.25) is 24.1 Å². The van der Waals surface area contributed by atoms with Gasteiger partial charge in [0.1, 0.15) is 48.8 Å². The van der Waals surface area contributed by atoms with E-state index in [2.05, 4.69) is 0 Å². The molecule has 2 saturated heterocycles. The van der Waals surface area contributed by atoms with Gasteiger partial charge in [0.05, 0.1) is 48.3 Å². The van der Waals surface area contributed by atoms with Crippen LogP contribution in [0.4, 0.5) is 0 Å². The lowest BCUT2D eigenvalue weighted by atomic mass is 9.98. The molecule has 4 rings (SSSR count). The molecule has 51 heavy (non-hydrogen) atoms. The van der Waals surface area contributed by atoms with Gasteiger partial charge in [0.15, 0.2) is 23.0 Å². The Balaban J connectivity index is 1.67. The quantitative estimate of drug-likeness (QED) is 0.0995. The summed E-state index contributed by atoms with van der Waals surface area (Å²) in [5.74, 6) is 0.645. The maximum Gasteiger partial charge on any atom is 0.229 e. The summed E-state index contributed by atoms with van der Waals surface area (Å²) in [4.78, 5) is 0. The van der Waals surface area contributed by atoms with E-state index >= 15 is 0 Å². The first kappa shape index (κ1) is 40.1. The molecule has 10 atom stereocenters. The van der Waals surface area contributed by atoms with E-state index in [1.54, 1.807) is 36.4 Å². The fourth-order valence-corrected chi connectivity index (χ4v) is 5.68. The summed E-state index contributed by atoms with van der Waals surface area (Å²) < 4.78 is 45.2. The van der Waals surface area contributed by atoms with Crippen molar-refractivity contribution in [3.05, 3.63) is 47.0 Å². The summed E-state index contributed by atoms with van der Waals surface area (Å²) in [6, 6.07) is 4.81. The minimum Gasteiger partial charge on any atom is -0.493 e. The molecule has 0 radical (unpaired) electrons. The van der Waals surface area contributed by atoms with Crippen LogP contribution in [0.25, 0.3) is 12.2 Å². The highest BCUT2D eigenvalue weighted by Gasteiger charge is 2.46. The molecular weight excluding hydrogens is 680 g/mol. The Kier molecular flexibility index (Phi) is 14.3. The molecule has 0 bridgehead atoms. The third kappa shape index (κ3) is 8.67. The smallest absolute Gasteiger partial charge is 0.229 e. The Morgan fingerprint density at radius 3 is 1.51 bits per heavy atom. The van der Waals surface area contributed by atoms with Crippen molar-refractivity contribution in [3.8, 4) is 34.5 Å². The van der Waals surface area contributed by atoms with Gasteiger partial charge in [-0.3, -0.25) is 0 Å². The van der Waals surface area contributed by atoms with Gasteiger partial charge >= 0.3 is 0 Å². The first-order valence-corrected chi connectivity index (χ1v) is 15.9. The number of aliphatic hydroxyl groups excluding tert-OH is 9. The second kappa shape index (κ2) is 18.2. The summed E-state index contributed by atoms with van der Waals surface area (Å²) in [5.41, 5.74) is 1.69. The first-order chi connectivity index (χ1) is 24.5. The average molecular weight is 727 g/mol. The van der Waals surface area contributed by atoms with E-state index < -0.39 is 74.6 Å². The van der Waals surface area contributed by atoms with Gasteiger partial charge < -0.3 is 83.9 Å². The van der Waals surface area contributed by atoms with Crippen LogP contribution >= 0.6 is 0 Å². The van der Waals surface area contributed by atoms with Crippen LogP contribution in [-0.2, 0) is 15.9 Å². The summed E-state index contributed by atoms with van der Waals surface area (Å²) in [6.07, 6.45) is -8.47. The third-order valence-corrected chi connectivity index (χ3v) is 8.45. The molecule has 0 aromatic heterocycles. The SMILES string of the molecule is COc1cc(C=CCc2c(C=CCO)cc(OC)c(OC3OC(CO)C(O)C(O)C3O)c2OC)cc(OC)c1OC1OC(CO)C(O)C(O)C1O. The summed E-state index contributed by atoms with van der Waals surface area (Å²) in [5, 5.41) is 90.6. The van der Waals surface area contributed by atoms with Crippen LogP contribution in [0.1, 0.15) is 16.7 Å². The van der Waals surface area contributed by atoms with E-state index in [0.717, 1.165) is 0 Å². The topological polar surface area (TPSA) is 256 Å². The lowest BCUT2D eigenvalue weighted by Crippen LogP contribution is -2.60. The zero-order chi connectivity index (χ0) is 37.4. The molecule has 2 aromatic rings. The van der Waals surface area contributed by atoms with Crippen LogP contribution in [0, 0.1) is 0 Å². The van der Waals surface area contributed by atoms with Crippen LogP contribution < -0.4 is 28.4 Å². The van der Waals surface area contributed by atoms with Gasteiger partial charge in [-0.1, -0.05) is 24.3 Å². The van der Waals surface area contributed by atoms with Gasteiger partial charge in [-0.25, -0.2) is 0 Å². The molecule has 9 N–H and O–H groups in total. The zero-order valence-corrected chi connectivity index (χ0v) is 28.4. The lowest BCUT2D eigenvalue weighted by molar-refractivity contribution is -0.277. The zero-order valence-electron chi connectivity index (χ0n) is 28.4. The number of hydrogen-bond donors (Lipinski definition) is 9. The van der Waals surface area contributed by atoms with Gasteiger partial charge in [0.25, 0.3) is 0 Å². The van der Waals surface area contributed by atoms with Crippen molar-refractivity contribution in [2.45, 2.75) is 67.8 Å². The first-order valence-electron chi connectivity index (χ1n) is 15.9. The number of rotatable bonds is 15. The van der Waals surface area contributed by atoms with Crippen molar-refractivity contribution in [3.63, 3.8) is 0 Å². The number of ether oxygens (including phenoxy) is 8. The van der Waals surface area contributed by atoms with Gasteiger partial charge in [0, 0.05) is 5.56 Å². The monoisotopic (exact) mass is 726 g/mol. The molecule has 2 fully saturated rings. The number of hydrogen-bond acceptors (Lipinski definition) is 17. The van der Waals surface area contributed by atoms with Crippen molar-refractivity contribution in [2.24, 2.45) is 0 Å². The fraction of sp³-hybridized carbons (Fsp3) is 0.529. The number of aliphatic hydroxyl groups is 9. The van der Waals surface area contributed by atoms with Crippen molar-refractivity contribution >= 4 is 12.2 Å². The average Bonchev–Trinajstić information content (AvgIpc) is 3.14. The number of allylic oxidation sites excluding steroid dienone is 1. The van der Waals surface area contributed by atoms with E-state index in [4.69, 9.17) is 37.9 Å². The minimum atomic E-state index is -1.70. The molecule has 2 aromatic carbocycles. The Bertz CT molecular complexity index is 1470. The van der Waals surface area contributed by atoms with Crippen LogP contribution in [0.15, 0.2) is 30.4 Å². The van der Waals surface area contributed by atoms with Crippen molar-refractivity contribution in [1.82, 2.24) is 0 Å². The Morgan fingerprint density at radius 1 is 0.569 bits per heavy atom. The Labute approximate surface area is 293 Å². The maximum atomic E-state index is 10.6. The molecule has 0 spiro atoms. The summed E-state index contributed by atoms with van der Waals surface area (Å²) >= 11 is 0. The number of benzene rings is 2. The van der Waals surface area contributed by atoms with E-state index in [0.29, 0.717) is 16.7 Å². The fourth-order valence-electron chi connectivity index (χ4n) is 5.68. The summed E-state index contributed by atoms with van der Waals surface area (Å²) in [6.45, 7) is -1.56. The molecule has 0 amide bonds. The molecule has 10 unspecified atom stereocenters. The standard InChI is InChI=1S/C34H46O17/c1-44-19-11-16(12-20(45-2)31(19)50-33-28(42)26(40)24(38)22(14-36)48-33)7-5-9-18-17(8-6-10-35)13-21(46-3)32(30(18)47-4)51-34-29(43)27(41)25(39)23(15-37)49-34/h5-8,11-13,22-29,33-43H,9-10,14-15H2,1-4H3. The summed E-state index contributed by atoms with van der Waals surface area (Å²) in [7, 11) is 5.51. The molecule has 2 heterocycles. The highest BCUT2D eigenvalue weighted by Crippen LogP contribution is 2.45. The van der Waals surface area contributed by atoms with E-state index in [1.807, 2.05) is 0 Å². The van der Waals surface area contributed by atoms with Crippen LogP contribution in [0.5, 0.6) is 34.5 Å². The van der Waals surface area contributed by atoms with Gasteiger partial charge in [-0.2, -0.15) is 0 Å². The molecular formula is C34H46O17. The predicted molar refractivity (Wildman–Crippen MR) is 177 cm³/mol. The second-order valence-corrected chi connectivity index (χ2v) is 11.6. The Hall–Kier alpha value is -3.72. The van der Waals surface area contributed by atoms with E-state index in [-0.39, 0.29) is 47.5 Å². The highest BCUT2D eigenvalue weighted by atomic mass is 16.7. The third-order valence-electron chi connectivity index (χ3n) is 8.45. The molecule has 2 aliphatic heterocycles. The van der Waals surface area contributed by atoms with E-state index in [1.165, 1.54) is 34.5 Å². The van der Waals surface area contributed by atoms with E-state index in [9.17, 15) is 46.0 Å². The van der Waals surface area contributed by atoms with Crippen molar-refractivity contribution in [2.75, 3.05) is 48.3 Å². The Morgan fingerprint density at radius 2 is 1.06 bits per heavy atom. The second-order valence-electron chi connectivity index (χ2n) is 11.6. The van der Waals surface area contributed by atoms with Gasteiger partial charge in [-0.05, 0) is 35.7 Å².